The molecular weight excluding hydrogens is 452 g/mol. The van der Waals surface area contributed by atoms with Crippen LogP contribution in [-0.2, 0) is 29.0 Å². The average molecular weight is 481 g/mol. The first-order chi connectivity index (χ1) is 15.2. The minimum absolute atomic E-state index is 0.0819. The van der Waals surface area contributed by atoms with Gasteiger partial charge in [0, 0.05) is 0 Å². The van der Waals surface area contributed by atoms with E-state index in [9.17, 15) is 4.79 Å². The Labute approximate surface area is 193 Å². The number of ether oxygens (including phenoxy) is 2. The second-order valence-electron chi connectivity index (χ2n) is 7.68. The van der Waals surface area contributed by atoms with E-state index in [-0.39, 0.29) is 11.9 Å². The van der Waals surface area contributed by atoms with Crippen LogP contribution in [0.15, 0.2) is 83.3 Å². The normalized spacial score (nSPS) is 11.7. The highest BCUT2D eigenvalue weighted by Crippen LogP contribution is 2.28. The summed E-state index contributed by atoms with van der Waals surface area (Å²) in [6.07, 6.45) is 4.38. The van der Waals surface area contributed by atoms with Gasteiger partial charge in [-0.1, -0.05) is 66.7 Å². The van der Waals surface area contributed by atoms with E-state index in [4.69, 9.17) is 9.47 Å². The molecule has 0 saturated heterocycles. The van der Waals surface area contributed by atoms with E-state index in [1.807, 2.05) is 42.5 Å². The number of methoxy groups -OCH3 is 1. The van der Waals surface area contributed by atoms with Crippen molar-refractivity contribution in [1.82, 2.24) is 0 Å². The fourth-order valence-corrected chi connectivity index (χ4v) is 4.18. The van der Waals surface area contributed by atoms with Crippen molar-refractivity contribution in [3.05, 3.63) is 100 Å². The molecule has 1 atom stereocenters. The molecular formula is C27H29BrO3. The number of carbonyl (C=O) groups excluding carboxylic acids is 1. The second-order valence-corrected chi connectivity index (χ2v) is 8.53. The van der Waals surface area contributed by atoms with Gasteiger partial charge in [-0.05, 0) is 76.9 Å². The third kappa shape index (κ3) is 7.55. The number of benzene rings is 3. The van der Waals surface area contributed by atoms with Crippen molar-refractivity contribution >= 4 is 21.9 Å². The molecule has 0 bridgehead atoms. The first kappa shape index (κ1) is 23.1. The highest BCUT2D eigenvalue weighted by molar-refractivity contribution is 9.10. The third-order valence-corrected chi connectivity index (χ3v) is 6.03. The summed E-state index contributed by atoms with van der Waals surface area (Å²) in [5.41, 5.74) is 3.62. The number of carbonyl (C=O) groups is 1. The molecule has 0 aliphatic carbocycles. The molecule has 0 radical (unpaired) electrons. The molecule has 0 spiro atoms. The first-order valence-electron chi connectivity index (χ1n) is 10.7. The summed E-state index contributed by atoms with van der Waals surface area (Å²) in [7, 11) is 1.47. The molecule has 0 aromatic heterocycles. The van der Waals surface area contributed by atoms with Crippen LogP contribution in [0.1, 0.15) is 36.0 Å². The lowest BCUT2D eigenvalue weighted by molar-refractivity contribution is -0.145. The van der Waals surface area contributed by atoms with Crippen molar-refractivity contribution in [2.45, 2.75) is 38.7 Å². The topological polar surface area (TPSA) is 35.5 Å². The van der Waals surface area contributed by atoms with E-state index in [0.717, 1.165) is 47.9 Å². The van der Waals surface area contributed by atoms with Gasteiger partial charge >= 0.3 is 5.97 Å². The van der Waals surface area contributed by atoms with Gasteiger partial charge in [-0.15, -0.1) is 0 Å². The summed E-state index contributed by atoms with van der Waals surface area (Å²) in [6, 6.07) is 26.7. The molecule has 0 saturated carbocycles. The molecule has 3 aromatic carbocycles. The SMILES string of the molecule is COC(=O)C(CCCc1ccccc1)CCc1ccc(OCc2ccccc2)c(Br)c1. The Hall–Kier alpha value is -2.59. The standard InChI is InChI=1S/C27H29BrO3/c1-30-27(29)24(14-8-13-21-9-4-2-5-10-21)17-15-22-16-18-26(25(28)19-22)31-20-23-11-6-3-7-12-23/h2-7,9-12,16,18-19,24H,8,13-15,17,20H2,1H3. The largest absolute Gasteiger partial charge is 0.488 e. The molecule has 3 rings (SSSR count). The van der Waals surface area contributed by atoms with Gasteiger partial charge in [0.15, 0.2) is 0 Å². The van der Waals surface area contributed by atoms with Crippen LogP contribution in [0.4, 0.5) is 0 Å². The smallest absolute Gasteiger partial charge is 0.308 e. The number of hydrogen-bond donors (Lipinski definition) is 0. The van der Waals surface area contributed by atoms with E-state index in [1.165, 1.54) is 18.2 Å². The summed E-state index contributed by atoms with van der Waals surface area (Å²) in [5, 5.41) is 0. The predicted molar refractivity (Wildman–Crippen MR) is 128 cm³/mol. The van der Waals surface area contributed by atoms with E-state index < -0.39 is 0 Å². The summed E-state index contributed by atoms with van der Waals surface area (Å²) < 4.78 is 11.9. The average Bonchev–Trinajstić information content (AvgIpc) is 2.81. The number of aryl methyl sites for hydroxylation is 2. The maximum atomic E-state index is 12.3. The predicted octanol–water partition coefficient (Wildman–Crippen LogP) is 6.77. The minimum atomic E-state index is -0.116. The fourth-order valence-electron chi connectivity index (χ4n) is 3.64. The highest BCUT2D eigenvalue weighted by Gasteiger charge is 2.19. The Morgan fingerprint density at radius 1 is 0.839 bits per heavy atom. The van der Waals surface area contributed by atoms with Gasteiger partial charge in [0.05, 0.1) is 17.5 Å². The Bertz CT molecular complexity index is 941. The Morgan fingerprint density at radius 3 is 2.16 bits per heavy atom. The van der Waals surface area contributed by atoms with Crippen molar-refractivity contribution < 1.29 is 14.3 Å². The van der Waals surface area contributed by atoms with Crippen LogP contribution in [0.2, 0.25) is 0 Å². The molecule has 3 aromatic rings. The van der Waals surface area contributed by atoms with Gasteiger partial charge in [0.25, 0.3) is 0 Å². The summed E-state index contributed by atoms with van der Waals surface area (Å²) in [4.78, 5) is 12.3. The van der Waals surface area contributed by atoms with Crippen LogP contribution in [0.5, 0.6) is 5.75 Å². The zero-order valence-electron chi connectivity index (χ0n) is 17.9. The maximum absolute atomic E-state index is 12.3. The zero-order chi connectivity index (χ0) is 21.9. The third-order valence-electron chi connectivity index (χ3n) is 5.41. The van der Waals surface area contributed by atoms with Gasteiger partial charge in [-0.2, -0.15) is 0 Å². The van der Waals surface area contributed by atoms with Gasteiger partial charge in [-0.3, -0.25) is 4.79 Å². The van der Waals surface area contributed by atoms with Crippen molar-refractivity contribution in [1.29, 1.82) is 0 Å². The Kier molecular flexibility index (Phi) is 9.16. The zero-order valence-corrected chi connectivity index (χ0v) is 19.5. The van der Waals surface area contributed by atoms with E-state index in [0.29, 0.717) is 6.61 Å². The summed E-state index contributed by atoms with van der Waals surface area (Å²) in [6.45, 7) is 0.532. The van der Waals surface area contributed by atoms with Gasteiger partial charge in [0.2, 0.25) is 0 Å². The van der Waals surface area contributed by atoms with Gasteiger partial charge < -0.3 is 9.47 Å². The minimum Gasteiger partial charge on any atom is -0.488 e. The lowest BCUT2D eigenvalue weighted by Crippen LogP contribution is -2.17. The number of rotatable bonds is 11. The monoisotopic (exact) mass is 480 g/mol. The van der Waals surface area contributed by atoms with Crippen LogP contribution < -0.4 is 4.74 Å². The molecule has 0 amide bonds. The van der Waals surface area contributed by atoms with Crippen molar-refractivity contribution in [2.24, 2.45) is 5.92 Å². The van der Waals surface area contributed by atoms with Gasteiger partial charge in [0.1, 0.15) is 12.4 Å². The number of hydrogen-bond acceptors (Lipinski definition) is 3. The Morgan fingerprint density at radius 2 is 1.52 bits per heavy atom. The van der Waals surface area contributed by atoms with E-state index in [1.54, 1.807) is 0 Å². The van der Waals surface area contributed by atoms with Crippen LogP contribution in [-0.4, -0.2) is 13.1 Å². The summed E-state index contributed by atoms with van der Waals surface area (Å²) in [5.74, 6) is 0.622. The van der Waals surface area contributed by atoms with Crippen LogP contribution in [0.25, 0.3) is 0 Å². The van der Waals surface area contributed by atoms with Gasteiger partial charge in [-0.25, -0.2) is 0 Å². The lowest BCUT2D eigenvalue weighted by atomic mass is 9.93. The second kappa shape index (κ2) is 12.3. The molecule has 0 fully saturated rings. The molecule has 0 N–H and O–H groups in total. The first-order valence-corrected chi connectivity index (χ1v) is 11.5. The molecule has 0 aliphatic rings. The van der Waals surface area contributed by atoms with Crippen molar-refractivity contribution in [3.63, 3.8) is 0 Å². The van der Waals surface area contributed by atoms with Crippen molar-refractivity contribution in [2.75, 3.05) is 7.11 Å². The molecule has 0 heterocycles. The van der Waals surface area contributed by atoms with Crippen molar-refractivity contribution in [3.8, 4) is 5.75 Å². The number of esters is 1. The highest BCUT2D eigenvalue weighted by atomic mass is 79.9. The fraction of sp³-hybridized carbons (Fsp3) is 0.296. The van der Waals surface area contributed by atoms with E-state index in [2.05, 4.69) is 52.3 Å². The molecule has 162 valence electrons. The maximum Gasteiger partial charge on any atom is 0.308 e. The van der Waals surface area contributed by atoms with Crippen LogP contribution >= 0.6 is 15.9 Å². The molecule has 1 unspecified atom stereocenters. The van der Waals surface area contributed by atoms with Crippen LogP contribution in [0.3, 0.4) is 0 Å². The molecule has 4 heteroatoms. The summed E-state index contributed by atoms with van der Waals surface area (Å²) >= 11 is 3.62. The van der Waals surface area contributed by atoms with Crippen LogP contribution in [0, 0.1) is 5.92 Å². The molecule has 3 nitrogen and oxygen atoms in total. The van der Waals surface area contributed by atoms with E-state index >= 15 is 0 Å². The quantitative estimate of drug-likeness (QED) is 0.284. The Balaban J connectivity index is 1.51. The molecule has 31 heavy (non-hydrogen) atoms. The molecule has 0 aliphatic heterocycles. The number of halogens is 1. The lowest BCUT2D eigenvalue weighted by Gasteiger charge is -2.15.